The number of primary amides is 1. The largest absolute Gasteiger partial charge is 0.493 e. The second kappa shape index (κ2) is 9.10. The van der Waals surface area contributed by atoms with Gasteiger partial charge in [-0.25, -0.2) is 4.39 Å². The van der Waals surface area contributed by atoms with Crippen LogP contribution in [0.4, 0.5) is 23.2 Å². The molecule has 0 aliphatic carbocycles. The van der Waals surface area contributed by atoms with E-state index in [1.54, 1.807) is 0 Å². The number of halogens is 4. The molecule has 172 valence electrons. The molecular weight excluding hydrogens is 448 g/mol. The number of nitrogens with one attached hydrogen (secondary N) is 1. The van der Waals surface area contributed by atoms with Gasteiger partial charge in [-0.2, -0.15) is 13.2 Å². The molecule has 1 heterocycles. The third-order valence-electron chi connectivity index (χ3n) is 4.44. The summed E-state index contributed by atoms with van der Waals surface area (Å²) in [6, 6.07) is 8.52. The summed E-state index contributed by atoms with van der Waals surface area (Å²) in [6.07, 6.45) is -4.89. The number of carbonyl (C=O) groups excluding carboxylic acids is 2. The van der Waals surface area contributed by atoms with E-state index in [1.165, 1.54) is 31.4 Å². The molecule has 0 spiro atoms. The smallest absolute Gasteiger partial charge is 0.435 e. The number of anilines is 1. The fourth-order valence-corrected chi connectivity index (χ4v) is 2.85. The van der Waals surface area contributed by atoms with E-state index < -0.39 is 46.5 Å². The summed E-state index contributed by atoms with van der Waals surface area (Å²) >= 11 is 0. The van der Waals surface area contributed by atoms with Gasteiger partial charge in [-0.3, -0.25) is 9.59 Å². The second-order valence-electron chi connectivity index (χ2n) is 6.64. The Labute approximate surface area is 184 Å². The van der Waals surface area contributed by atoms with Crippen LogP contribution in [0.5, 0.6) is 17.4 Å². The number of benzene rings is 2. The molecule has 12 heteroatoms. The Bertz CT molecular complexity index is 1210. The van der Waals surface area contributed by atoms with Crippen molar-refractivity contribution in [3.63, 3.8) is 0 Å². The molecule has 3 N–H and O–H groups in total. The summed E-state index contributed by atoms with van der Waals surface area (Å²) in [5, 5.41) is 9.00. The van der Waals surface area contributed by atoms with Crippen molar-refractivity contribution in [2.45, 2.75) is 13.1 Å². The fraction of sp³-hybridized carbons (Fsp3) is 0.143. The van der Waals surface area contributed by atoms with Gasteiger partial charge in [0.05, 0.1) is 7.11 Å². The molecule has 1 aromatic heterocycles. The Hall–Kier alpha value is -4.22. The average Bonchev–Trinajstić information content (AvgIpc) is 2.74. The van der Waals surface area contributed by atoms with Crippen molar-refractivity contribution < 1.29 is 36.6 Å². The molecule has 0 saturated heterocycles. The molecular formula is C21H16F4N4O4. The van der Waals surface area contributed by atoms with E-state index >= 15 is 0 Å². The standard InChI is InChI=1S/C21H16F4N4O4/c1-10-16(19(31)27-13-6-3-11(4-7-13)18(26)30)20(29-28-17(10)21(23,24)25)33-14-8-5-12(22)9-15(14)32-2/h3-9H,1-2H3,(H2,26,30)(H,27,31). The summed E-state index contributed by atoms with van der Waals surface area (Å²) < 4.78 is 64.1. The number of nitrogens with two attached hydrogens (primary N) is 1. The normalized spacial score (nSPS) is 11.1. The second-order valence-corrected chi connectivity index (χ2v) is 6.64. The Kier molecular flexibility index (Phi) is 6.47. The van der Waals surface area contributed by atoms with Gasteiger partial charge in [-0.15, -0.1) is 10.2 Å². The minimum absolute atomic E-state index is 0.0808. The molecule has 3 rings (SSSR count). The average molecular weight is 464 g/mol. The highest BCUT2D eigenvalue weighted by molar-refractivity contribution is 6.07. The maximum atomic E-state index is 13.5. The van der Waals surface area contributed by atoms with Crippen LogP contribution >= 0.6 is 0 Å². The topological polar surface area (TPSA) is 116 Å². The molecule has 0 atom stereocenters. The summed E-state index contributed by atoms with van der Waals surface area (Å²) in [5.41, 5.74) is 3.02. The maximum Gasteiger partial charge on any atom is 0.435 e. The first-order valence-electron chi connectivity index (χ1n) is 9.18. The molecule has 33 heavy (non-hydrogen) atoms. The molecule has 0 aliphatic heterocycles. The minimum atomic E-state index is -4.89. The van der Waals surface area contributed by atoms with Crippen molar-refractivity contribution in [3.8, 4) is 17.4 Å². The Morgan fingerprint density at radius 3 is 2.27 bits per heavy atom. The number of hydrogen-bond donors (Lipinski definition) is 2. The van der Waals surface area contributed by atoms with Crippen LogP contribution in [0.25, 0.3) is 0 Å². The number of amides is 2. The van der Waals surface area contributed by atoms with Crippen LogP contribution in [0.1, 0.15) is 32.0 Å². The van der Waals surface area contributed by atoms with Gasteiger partial charge in [-0.1, -0.05) is 0 Å². The lowest BCUT2D eigenvalue weighted by atomic mass is 10.1. The molecule has 0 fully saturated rings. The van der Waals surface area contributed by atoms with E-state index in [0.717, 1.165) is 25.1 Å². The predicted molar refractivity (Wildman–Crippen MR) is 108 cm³/mol. The molecule has 3 aromatic rings. The highest BCUT2D eigenvalue weighted by Crippen LogP contribution is 2.37. The fourth-order valence-electron chi connectivity index (χ4n) is 2.85. The zero-order chi connectivity index (χ0) is 24.3. The van der Waals surface area contributed by atoms with Crippen molar-refractivity contribution >= 4 is 17.5 Å². The zero-order valence-corrected chi connectivity index (χ0v) is 17.2. The highest BCUT2D eigenvalue weighted by Gasteiger charge is 2.38. The van der Waals surface area contributed by atoms with E-state index in [1.807, 2.05) is 0 Å². The lowest BCUT2D eigenvalue weighted by Crippen LogP contribution is -2.21. The third kappa shape index (κ3) is 5.17. The van der Waals surface area contributed by atoms with Crippen LogP contribution < -0.4 is 20.5 Å². The quantitative estimate of drug-likeness (QED) is 0.531. The van der Waals surface area contributed by atoms with Crippen molar-refractivity contribution in [1.82, 2.24) is 10.2 Å². The number of methoxy groups -OCH3 is 1. The van der Waals surface area contributed by atoms with Crippen LogP contribution in [-0.4, -0.2) is 29.1 Å². The lowest BCUT2D eigenvalue weighted by molar-refractivity contribution is -0.142. The minimum Gasteiger partial charge on any atom is -0.493 e. The summed E-state index contributed by atoms with van der Waals surface area (Å²) in [5.74, 6) is -3.07. The van der Waals surface area contributed by atoms with Gasteiger partial charge in [0.25, 0.3) is 11.8 Å². The summed E-state index contributed by atoms with van der Waals surface area (Å²) in [7, 11) is 1.23. The van der Waals surface area contributed by atoms with Gasteiger partial charge in [0, 0.05) is 17.3 Å². The van der Waals surface area contributed by atoms with E-state index in [-0.39, 0.29) is 22.7 Å². The number of ether oxygens (including phenoxy) is 2. The summed E-state index contributed by atoms with van der Waals surface area (Å²) in [4.78, 5) is 24.1. The number of aromatic nitrogens is 2. The van der Waals surface area contributed by atoms with Gasteiger partial charge >= 0.3 is 6.18 Å². The third-order valence-corrected chi connectivity index (χ3v) is 4.44. The number of rotatable bonds is 6. The van der Waals surface area contributed by atoms with Crippen molar-refractivity contribution in [3.05, 3.63) is 70.7 Å². The van der Waals surface area contributed by atoms with Crippen LogP contribution in [0.2, 0.25) is 0 Å². The van der Waals surface area contributed by atoms with Crippen molar-refractivity contribution in [1.29, 1.82) is 0 Å². The van der Waals surface area contributed by atoms with Gasteiger partial charge in [0.15, 0.2) is 17.2 Å². The Morgan fingerprint density at radius 2 is 1.70 bits per heavy atom. The van der Waals surface area contributed by atoms with Gasteiger partial charge < -0.3 is 20.5 Å². The molecule has 0 unspecified atom stereocenters. The molecule has 0 bridgehead atoms. The predicted octanol–water partition coefficient (Wildman–Crippen LogP) is 4.10. The number of alkyl halides is 3. The first kappa shape index (κ1) is 23.4. The maximum absolute atomic E-state index is 13.5. The van der Waals surface area contributed by atoms with Gasteiger partial charge in [-0.05, 0) is 48.9 Å². The Morgan fingerprint density at radius 1 is 1.03 bits per heavy atom. The number of nitrogens with zero attached hydrogens (tertiary/aromatic N) is 2. The molecule has 0 radical (unpaired) electrons. The van der Waals surface area contributed by atoms with Crippen LogP contribution in [0, 0.1) is 12.7 Å². The SMILES string of the molecule is COc1cc(F)ccc1Oc1nnc(C(F)(F)F)c(C)c1C(=O)Nc1ccc(C(N)=O)cc1. The Balaban J connectivity index is 2.05. The van der Waals surface area contributed by atoms with Crippen LogP contribution in [0.3, 0.4) is 0 Å². The number of hydrogen-bond acceptors (Lipinski definition) is 6. The summed E-state index contributed by atoms with van der Waals surface area (Å²) in [6.45, 7) is 1.04. The first-order valence-corrected chi connectivity index (χ1v) is 9.18. The lowest BCUT2D eigenvalue weighted by Gasteiger charge is -2.17. The van der Waals surface area contributed by atoms with Crippen molar-refractivity contribution in [2.75, 3.05) is 12.4 Å². The highest BCUT2D eigenvalue weighted by atomic mass is 19.4. The molecule has 8 nitrogen and oxygen atoms in total. The van der Waals surface area contributed by atoms with E-state index in [4.69, 9.17) is 15.2 Å². The van der Waals surface area contributed by atoms with Gasteiger partial charge in [0.2, 0.25) is 5.91 Å². The monoisotopic (exact) mass is 464 g/mol. The first-order chi connectivity index (χ1) is 15.5. The van der Waals surface area contributed by atoms with Gasteiger partial charge in [0.1, 0.15) is 11.4 Å². The molecule has 2 aromatic carbocycles. The van der Waals surface area contributed by atoms with E-state index in [2.05, 4.69) is 15.5 Å². The van der Waals surface area contributed by atoms with Crippen LogP contribution in [0.15, 0.2) is 42.5 Å². The van der Waals surface area contributed by atoms with Crippen LogP contribution in [-0.2, 0) is 6.18 Å². The molecule has 0 aliphatic rings. The number of carbonyl (C=O) groups is 2. The zero-order valence-electron chi connectivity index (χ0n) is 17.2. The van der Waals surface area contributed by atoms with E-state index in [9.17, 15) is 27.2 Å². The van der Waals surface area contributed by atoms with E-state index in [0.29, 0.717) is 0 Å². The van der Waals surface area contributed by atoms with Crippen molar-refractivity contribution in [2.24, 2.45) is 5.73 Å². The molecule has 0 saturated carbocycles. The molecule has 2 amide bonds.